The number of hydrogen-bond acceptors (Lipinski definition) is 7. The van der Waals surface area contributed by atoms with E-state index in [1.807, 2.05) is 55.5 Å². The van der Waals surface area contributed by atoms with Crippen LogP contribution in [0.1, 0.15) is 61.7 Å². The van der Waals surface area contributed by atoms with Crippen molar-refractivity contribution < 1.29 is 9.59 Å². The van der Waals surface area contributed by atoms with E-state index in [-0.39, 0.29) is 24.3 Å². The van der Waals surface area contributed by atoms with Gasteiger partial charge in [0.25, 0.3) is 5.56 Å². The number of amides is 2. The minimum Gasteiger partial charge on any atom is -0.368 e. The molecule has 1 aliphatic heterocycles. The number of nitrogens with one attached hydrogen (secondary N) is 1. The number of tetrazole rings is 1. The summed E-state index contributed by atoms with van der Waals surface area (Å²) in [5.41, 5.74) is 10.4. The van der Waals surface area contributed by atoms with Crippen molar-refractivity contribution in [1.82, 2.24) is 35.1 Å². The standard InChI is InChI=1S/C31H36N8O3/c1-3-4-11-27-33-20(2)23(16-17-28(40)38-18-7-10-26(38)29(32)41)31(42)39(27)19-21-12-14-22(15-13-21)24-8-5-6-9-25(24)30-34-36-37-35-30/h5-6,8-9,12-15,26H,3-4,7,10-11,16-19H2,1-2H3,(H2,32,41)(H,34,35,36,37)/t26-/m0/s1. The first-order valence-corrected chi connectivity index (χ1v) is 14.5. The molecule has 2 amide bonds. The van der Waals surface area contributed by atoms with Gasteiger partial charge in [-0.15, -0.1) is 10.2 Å². The monoisotopic (exact) mass is 568 g/mol. The van der Waals surface area contributed by atoms with Crippen molar-refractivity contribution in [3.8, 4) is 22.5 Å². The summed E-state index contributed by atoms with van der Waals surface area (Å²) in [6.45, 7) is 4.82. The Morgan fingerprint density at radius 2 is 1.83 bits per heavy atom. The van der Waals surface area contributed by atoms with Crippen LogP contribution >= 0.6 is 0 Å². The molecule has 1 fully saturated rings. The zero-order chi connectivity index (χ0) is 29.6. The van der Waals surface area contributed by atoms with Gasteiger partial charge in [-0.1, -0.05) is 61.9 Å². The molecule has 0 aliphatic carbocycles. The predicted molar refractivity (Wildman–Crippen MR) is 158 cm³/mol. The first-order chi connectivity index (χ1) is 20.4. The van der Waals surface area contributed by atoms with Crippen molar-refractivity contribution >= 4 is 11.8 Å². The van der Waals surface area contributed by atoms with Gasteiger partial charge >= 0.3 is 0 Å². The highest BCUT2D eigenvalue weighted by atomic mass is 16.2. The molecule has 0 saturated carbocycles. The zero-order valence-corrected chi connectivity index (χ0v) is 24.0. The molecule has 0 radical (unpaired) electrons. The summed E-state index contributed by atoms with van der Waals surface area (Å²) in [4.78, 5) is 45.0. The zero-order valence-electron chi connectivity index (χ0n) is 24.0. The van der Waals surface area contributed by atoms with Gasteiger partial charge in [-0.2, -0.15) is 5.21 Å². The van der Waals surface area contributed by atoms with E-state index in [9.17, 15) is 14.4 Å². The second kappa shape index (κ2) is 12.9. The van der Waals surface area contributed by atoms with Crippen molar-refractivity contribution in [2.75, 3.05) is 6.54 Å². The SMILES string of the molecule is CCCCc1nc(C)c(CCC(=O)N2CCC[C@H]2C(N)=O)c(=O)n1Cc1ccc(-c2ccccc2-c2nn[nH]n2)cc1. The number of rotatable bonds is 11. The van der Waals surface area contributed by atoms with Gasteiger partial charge in [-0.05, 0) is 54.5 Å². The number of primary amides is 1. The summed E-state index contributed by atoms with van der Waals surface area (Å²) in [5.74, 6) is 0.627. The van der Waals surface area contributed by atoms with Crippen LogP contribution in [-0.4, -0.2) is 59.5 Å². The minimum absolute atomic E-state index is 0.124. The van der Waals surface area contributed by atoms with Crippen LogP contribution in [0.4, 0.5) is 0 Å². The van der Waals surface area contributed by atoms with E-state index in [0.29, 0.717) is 43.0 Å². The normalized spacial score (nSPS) is 14.8. The maximum Gasteiger partial charge on any atom is 0.257 e. The Morgan fingerprint density at radius 3 is 2.52 bits per heavy atom. The lowest BCUT2D eigenvalue weighted by atomic mass is 9.98. The van der Waals surface area contributed by atoms with E-state index in [1.54, 1.807) is 9.47 Å². The Bertz CT molecular complexity index is 1610. The van der Waals surface area contributed by atoms with Crippen LogP contribution in [0.25, 0.3) is 22.5 Å². The van der Waals surface area contributed by atoms with E-state index in [0.717, 1.165) is 47.3 Å². The lowest BCUT2D eigenvalue weighted by Crippen LogP contribution is -2.44. The summed E-state index contributed by atoms with van der Waals surface area (Å²) in [5, 5.41) is 14.4. The number of H-pyrrole nitrogens is 1. The molecule has 11 heteroatoms. The average Bonchev–Trinajstić information content (AvgIpc) is 3.71. The number of nitrogens with zero attached hydrogens (tertiary/aromatic N) is 6. The largest absolute Gasteiger partial charge is 0.368 e. The summed E-state index contributed by atoms with van der Waals surface area (Å²) >= 11 is 0. The Hall–Kier alpha value is -4.67. The lowest BCUT2D eigenvalue weighted by molar-refractivity contribution is -0.137. The highest BCUT2D eigenvalue weighted by Gasteiger charge is 2.32. The molecule has 218 valence electrons. The van der Waals surface area contributed by atoms with Crippen LogP contribution in [0.2, 0.25) is 0 Å². The van der Waals surface area contributed by atoms with Gasteiger partial charge in [0.15, 0.2) is 0 Å². The number of unbranched alkanes of at least 4 members (excludes halogenated alkanes) is 1. The number of aryl methyl sites for hydroxylation is 2. The summed E-state index contributed by atoms with van der Waals surface area (Å²) in [6.07, 6.45) is 4.32. The Labute approximate surface area is 244 Å². The fraction of sp³-hybridized carbons (Fsp3) is 0.387. The van der Waals surface area contributed by atoms with Crippen molar-refractivity contribution in [1.29, 1.82) is 0 Å². The van der Waals surface area contributed by atoms with E-state index in [1.165, 1.54) is 0 Å². The van der Waals surface area contributed by atoms with Crippen molar-refractivity contribution in [2.45, 2.75) is 71.4 Å². The smallest absolute Gasteiger partial charge is 0.257 e. The highest BCUT2D eigenvalue weighted by Crippen LogP contribution is 2.30. The maximum absolute atomic E-state index is 13.9. The van der Waals surface area contributed by atoms with Crippen LogP contribution in [0, 0.1) is 6.92 Å². The third-order valence-electron chi connectivity index (χ3n) is 7.91. The van der Waals surface area contributed by atoms with Gasteiger partial charge in [-0.25, -0.2) is 4.98 Å². The van der Waals surface area contributed by atoms with Gasteiger partial charge in [-0.3, -0.25) is 19.0 Å². The number of likely N-dealkylation sites (tertiary alicyclic amines) is 1. The van der Waals surface area contributed by atoms with Crippen LogP contribution in [0.15, 0.2) is 53.3 Å². The van der Waals surface area contributed by atoms with Crippen molar-refractivity contribution in [3.63, 3.8) is 0 Å². The van der Waals surface area contributed by atoms with Gasteiger partial charge < -0.3 is 10.6 Å². The van der Waals surface area contributed by atoms with E-state index in [2.05, 4.69) is 27.5 Å². The molecular weight excluding hydrogens is 532 g/mol. The number of hydrogen-bond donors (Lipinski definition) is 2. The molecule has 3 N–H and O–H groups in total. The second-order valence-electron chi connectivity index (χ2n) is 10.7. The van der Waals surface area contributed by atoms with Gasteiger partial charge in [0, 0.05) is 36.2 Å². The number of nitrogens with two attached hydrogens (primary N) is 1. The maximum atomic E-state index is 13.9. The van der Waals surface area contributed by atoms with Crippen molar-refractivity contribution in [2.24, 2.45) is 5.73 Å². The fourth-order valence-corrected chi connectivity index (χ4v) is 5.65. The second-order valence-corrected chi connectivity index (χ2v) is 10.7. The number of carbonyl (C=O) groups is 2. The summed E-state index contributed by atoms with van der Waals surface area (Å²) in [7, 11) is 0. The number of carbonyl (C=O) groups excluding carboxylic acids is 2. The highest BCUT2D eigenvalue weighted by molar-refractivity contribution is 5.87. The molecule has 0 bridgehead atoms. The van der Waals surface area contributed by atoms with Crippen molar-refractivity contribution in [3.05, 3.63) is 81.5 Å². The molecule has 4 aromatic rings. The molecule has 2 aromatic heterocycles. The van der Waals surface area contributed by atoms with E-state index >= 15 is 0 Å². The molecule has 42 heavy (non-hydrogen) atoms. The molecule has 5 rings (SSSR count). The number of aromatic nitrogens is 6. The minimum atomic E-state index is -0.563. The average molecular weight is 569 g/mol. The number of benzene rings is 2. The molecule has 3 heterocycles. The molecule has 1 saturated heterocycles. The van der Waals surface area contributed by atoms with Gasteiger partial charge in [0.2, 0.25) is 17.6 Å². The fourth-order valence-electron chi connectivity index (χ4n) is 5.65. The summed E-state index contributed by atoms with van der Waals surface area (Å²) < 4.78 is 1.74. The van der Waals surface area contributed by atoms with E-state index in [4.69, 9.17) is 10.7 Å². The van der Waals surface area contributed by atoms with E-state index < -0.39 is 11.9 Å². The molecule has 2 aromatic carbocycles. The predicted octanol–water partition coefficient (Wildman–Crippen LogP) is 3.20. The molecule has 1 aliphatic rings. The molecule has 1 atom stereocenters. The molecule has 0 spiro atoms. The van der Waals surface area contributed by atoms with Gasteiger partial charge in [0.1, 0.15) is 11.9 Å². The lowest BCUT2D eigenvalue weighted by Gasteiger charge is -2.22. The first-order valence-electron chi connectivity index (χ1n) is 14.5. The topological polar surface area (TPSA) is 153 Å². The van der Waals surface area contributed by atoms with Gasteiger partial charge in [0.05, 0.1) is 6.54 Å². The van der Waals surface area contributed by atoms with Crippen LogP contribution in [-0.2, 0) is 29.0 Å². The van der Waals surface area contributed by atoms with Crippen LogP contribution in [0.5, 0.6) is 0 Å². The first kappa shape index (κ1) is 28.8. The Kier molecular flexibility index (Phi) is 8.85. The third-order valence-corrected chi connectivity index (χ3v) is 7.91. The van der Waals surface area contributed by atoms with Crippen LogP contribution < -0.4 is 11.3 Å². The third kappa shape index (κ3) is 6.14. The Balaban J connectivity index is 1.39. The Morgan fingerprint density at radius 1 is 1.07 bits per heavy atom. The molecule has 11 nitrogen and oxygen atoms in total. The molecule has 0 unspecified atom stereocenters. The van der Waals surface area contributed by atoms with Crippen LogP contribution in [0.3, 0.4) is 0 Å². The quantitative estimate of drug-likeness (QED) is 0.282. The number of aromatic amines is 1. The summed E-state index contributed by atoms with van der Waals surface area (Å²) in [6, 6.07) is 15.4. The molecular formula is C31H36N8O3.